The highest BCUT2D eigenvalue weighted by molar-refractivity contribution is 6.26. The van der Waals surface area contributed by atoms with Crippen LogP contribution in [0, 0.1) is 0 Å². The summed E-state index contributed by atoms with van der Waals surface area (Å²) in [4.78, 5) is 189. The topological polar surface area (TPSA) is 403 Å². The first kappa shape index (κ1) is 91.6. The summed E-state index contributed by atoms with van der Waals surface area (Å²) in [6.07, 6.45) is 4.29. The van der Waals surface area contributed by atoms with Crippen LogP contribution in [0.1, 0.15) is 193 Å². The molecule has 0 radical (unpaired) electrons. The number of aryl methyl sites for hydroxylation is 3. The number of aldehydes is 1. The second-order valence-electron chi connectivity index (χ2n) is 28.8. The van der Waals surface area contributed by atoms with Crippen LogP contribution in [0.5, 0.6) is 0 Å². The van der Waals surface area contributed by atoms with Gasteiger partial charge in [0.1, 0.15) is 35.6 Å². The van der Waals surface area contributed by atoms with Crippen LogP contribution in [0.3, 0.4) is 0 Å². The Morgan fingerprint density at radius 1 is 0.500 bits per heavy atom. The third-order valence-electron chi connectivity index (χ3n) is 18.8. The van der Waals surface area contributed by atoms with E-state index >= 15 is 0 Å². The van der Waals surface area contributed by atoms with E-state index < -0.39 is 101 Å². The first-order chi connectivity index (χ1) is 50.5. The van der Waals surface area contributed by atoms with E-state index in [9.17, 15) is 71.9 Å². The molecule has 604 valence electrons. The number of halogens is 2. The molecular weight excluding hydrogens is 1470 g/mol. The number of alkyl carbamates (subject to hydrolysis) is 2. The van der Waals surface area contributed by atoms with Crippen LogP contribution in [-0.4, -0.2) is 260 Å². The summed E-state index contributed by atoms with van der Waals surface area (Å²) in [5, 5.41) is 18.1. The number of amides is 14. The van der Waals surface area contributed by atoms with E-state index in [0.717, 1.165) is 90.0 Å². The average Bonchev–Trinajstić information content (AvgIpc) is 1.62. The van der Waals surface area contributed by atoms with Crippen LogP contribution in [0.2, 0.25) is 0 Å². The van der Waals surface area contributed by atoms with Gasteiger partial charge in [0.15, 0.2) is 0 Å². The number of nitrogens with one attached hydrogen (secondary N) is 7. The second kappa shape index (κ2) is 41.9. The van der Waals surface area contributed by atoms with Gasteiger partial charge in [0.2, 0.25) is 35.4 Å². The van der Waals surface area contributed by atoms with Crippen molar-refractivity contribution in [3.8, 4) is 0 Å². The molecule has 0 spiro atoms. The maximum absolute atomic E-state index is 13.3. The van der Waals surface area contributed by atoms with Crippen molar-refractivity contribution in [3.05, 3.63) is 105 Å². The number of likely N-dealkylation sites (N-methyl/N-ethyl adjacent to an activating group) is 1. The number of morpholine rings is 3. The van der Waals surface area contributed by atoms with Crippen molar-refractivity contribution in [2.75, 3.05) is 98.9 Å². The van der Waals surface area contributed by atoms with Gasteiger partial charge in [0.05, 0.1) is 78.1 Å². The minimum absolute atomic E-state index is 0. The molecule has 0 saturated carbocycles. The van der Waals surface area contributed by atoms with Crippen LogP contribution in [0.15, 0.2) is 54.6 Å². The van der Waals surface area contributed by atoms with Gasteiger partial charge >= 0.3 is 12.2 Å². The molecule has 6 atom stereocenters. The molecule has 9 aliphatic rings. The molecule has 34 heteroatoms. The van der Waals surface area contributed by atoms with Gasteiger partial charge in [-0.3, -0.25) is 98.0 Å². The maximum Gasteiger partial charge on any atom is 0.408 e. The Bertz CT molecular complexity index is 3880. The third-order valence-corrected chi connectivity index (χ3v) is 18.8. The van der Waals surface area contributed by atoms with Crippen LogP contribution in [0.4, 0.5) is 9.59 Å². The molecule has 9 aliphatic heterocycles. The van der Waals surface area contributed by atoms with Crippen molar-refractivity contribution in [1.82, 2.24) is 61.7 Å². The lowest BCUT2D eigenvalue weighted by Crippen LogP contribution is -2.54. The Kier molecular flexibility index (Phi) is 34.9. The quantitative estimate of drug-likeness (QED) is 0.0620. The van der Waals surface area contributed by atoms with E-state index in [2.05, 4.69) is 47.0 Å². The van der Waals surface area contributed by atoms with Crippen molar-refractivity contribution in [1.29, 1.82) is 0 Å². The Morgan fingerprint density at radius 2 is 0.855 bits per heavy atom. The molecule has 32 nitrogen and oxygen atoms in total. The van der Waals surface area contributed by atoms with Gasteiger partial charge in [-0.15, -0.1) is 24.8 Å². The first-order valence-corrected chi connectivity index (χ1v) is 36.1. The summed E-state index contributed by atoms with van der Waals surface area (Å²) in [5.74, 6) is -5.82. The predicted octanol–water partition coefficient (Wildman–Crippen LogP) is 4.02. The molecule has 0 bridgehead atoms. The fraction of sp³-hybridized carbons (Fsp3) is 0.566. The molecular formula is C76H106Cl2N12O20. The molecule has 3 aromatic rings. The van der Waals surface area contributed by atoms with Gasteiger partial charge < -0.3 is 49.7 Å². The van der Waals surface area contributed by atoms with E-state index in [4.69, 9.17) is 23.7 Å². The molecule has 6 saturated heterocycles. The van der Waals surface area contributed by atoms with Crippen LogP contribution in [0.25, 0.3) is 0 Å². The Morgan fingerprint density at radius 3 is 1.19 bits per heavy atom. The van der Waals surface area contributed by atoms with Gasteiger partial charge in [0, 0.05) is 84.7 Å². The highest BCUT2D eigenvalue weighted by atomic mass is 35.5. The minimum Gasteiger partial charge on any atom is -0.444 e. The molecule has 0 aromatic heterocycles. The van der Waals surface area contributed by atoms with Gasteiger partial charge in [-0.2, -0.15) is 0 Å². The van der Waals surface area contributed by atoms with E-state index in [1.165, 1.54) is 0 Å². The lowest BCUT2D eigenvalue weighted by molar-refractivity contribution is -0.137. The maximum atomic E-state index is 13.3. The molecule has 6 fully saturated rings. The Labute approximate surface area is 653 Å². The highest BCUT2D eigenvalue weighted by Gasteiger charge is 2.49. The summed E-state index contributed by atoms with van der Waals surface area (Å²) >= 11 is 0. The summed E-state index contributed by atoms with van der Waals surface area (Å²) in [6, 6.07) is 12.8. The van der Waals surface area contributed by atoms with E-state index in [0.29, 0.717) is 99.2 Å². The summed E-state index contributed by atoms with van der Waals surface area (Å²) in [5.41, 5.74) is 3.27. The minimum atomic E-state index is -0.984. The molecule has 12 rings (SSSR count). The summed E-state index contributed by atoms with van der Waals surface area (Å²) < 4.78 is 27.6. The zero-order valence-electron chi connectivity index (χ0n) is 61.8. The largest absolute Gasteiger partial charge is 0.444 e. The van der Waals surface area contributed by atoms with Gasteiger partial charge in [-0.05, 0) is 141 Å². The SMILES string of the molecule is C.C.CC(C)(C)OC(=O)NCC=O.CC(C)(C)OC(=O)NCCN1CCO[C@@H](CCc2cccc3c2C(=O)N(C2CCC(=O)NC2=O)C3=O)C1.CNCCN1CCO[C@@H](CCc2cccc3c2C(=O)N(C2CCC(=O)NC2=O)C3=O)C1.Cl.Cl.O=C1CCC(N2C(=O)c3cccc(CC[C@H]4CNCCO4)c3C2=O)C(=O)N1. The van der Waals surface area contributed by atoms with Crippen LogP contribution < -0.4 is 37.2 Å². The lowest BCUT2D eigenvalue weighted by Gasteiger charge is -2.33. The number of ether oxygens (including phenoxy) is 5. The number of nitrogens with zero attached hydrogens (tertiary/aromatic N) is 5. The number of carbonyl (C=O) groups excluding carboxylic acids is 15. The number of fused-ring (bicyclic) bond motifs is 3. The van der Waals surface area contributed by atoms with Crippen molar-refractivity contribution in [3.63, 3.8) is 0 Å². The van der Waals surface area contributed by atoms with Crippen molar-refractivity contribution in [2.45, 2.75) is 181 Å². The van der Waals surface area contributed by atoms with Crippen LogP contribution >= 0.6 is 24.8 Å². The van der Waals surface area contributed by atoms with Gasteiger partial charge in [-0.1, -0.05) is 51.3 Å². The number of hydrogen-bond acceptors (Lipinski definition) is 24. The fourth-order valence-corrected chi connectivity index (χ4v) is 13.8. The molecule has 3 aromatic carbocycles. The number of carbonyl (C=O) groups is 15. The zero-order valence-corrected chi connectivity index (χ0v) is 63.5. The van der Waals surface area contributed by atoms with Gasteiger partial charge in [0.25, 0.3) is 35.4 Å². The van der Waals surface area contributed by atoms with Crippen LogP contribution in [-0.2, 0) is 76.5 Å². The predicted molar refractivity (Wildman–Crippen MR) is 406 cm³/mol. The van der Waals surface area contributed by atoms with Crippen molar-refractivity contribution in [2.24, 2.45) is 0 Å². The molecule has 0 aliphatic carbocycles. The molecule has 3 unspecified atom stereocenters. The third kappa shape index (κ3) is 24.0. The number of benzene rings is 3. The Balaban J connectivity index is 0.000000274. The molecule has 110 heavy (non-hydrogen) atoms. The fourth-order valence-electron chi connectivity index (χ4n) is 13.8. The van der Waals surface area contributed by atoms with Crippen molar-refractivity contribution < 1.29 is 95.6 Å². The second-order valence-corrected chi connectivity index (χ2v) is 28.8. The molecule has 7 N–H and O–H groups in total. The zero-order chi connectivity index (χ0) is 76.6. The number of piperidine rings is 3. The normalized spacial score (nSPS) is 21.8. The average molecular weight is 1580 g/mol. The molecule has 9 heterocycles. The van der Waals surface area contributed by atoms with E-state index in [-0.39, 0.29) is 120 Å². The summed E-state index contributed by atoms with van der Waals surface area (Å²) in [6.45, 7) is 20.4. The Hall–Kier alpha value is -8.99. The van der Waals surface area contributed by atoms with E-state index in [1.54, 1.807) is 57.2 Å². The molecule has 14 amide bonds. The highest BCUT2D eigenvalue weighted by Crippen LogP contribution is 2.35. The number of hydrogen-bond donors (Lipinski definition) is 7. The smallest absolute Gasteiger partial charge is 0.408 e. The monoisotopic (exact) mass is 1580 g/mol. The van der Waals surface area contributed by atoms with E-state index in [1.807, 2.05) is 46.0 Å². The number of imide groups is 6. The lowest BCUT2D eigenvalue weighted by atomic mass is 9.97. The first-order valence-electron chi connectivity index (χ1n) is 36.1. The summed E-state index contributed by atoms with van der Waals surface area (Å²) in [7, 11) is 1.93. The number of rotatable bonds is 20. The van der Waals surface area contributed by atoms with Crippen molar-refractivity contribution >= 4 is 114 Å². The van der Waals surface area contributed by atoms with Gasteiger partial charge in [-0.25, -0.2) is 9.59 Å². The standard InChI is InChI=1S/C26H34N4O7.C22H28N4O5.C19H21N3O5.C7H13NO3.2CH4.2ClH/c1-26(2,3)37-25(35)27-11-12-29-13-14-36-17(15-29)8-7-16-5-4-6-18-21(16)24(34)30(23(18)33)19-9-10-20(31)28-22(19)32;1-23-9-10-25-11-12-31-15(13-25)6-5-14-3-2-4-16-19(14)22(30)26(21(16)29)17-7-8-18(27)24-20(17)28;23-15-7-6-14(17(24)21-15)22-18(25)13-3-1-2-11(16(13)19(22)26)4-5-12-10-20-8-9-27-12;1-7(2,3)11-6(10)8-4-5-9;;;;/h4-6,17,19H,7-15H2,1-3H3,(H,27,35)(H,28,31,32);2-4,15,17,23H,5-13H2,1H3,(H,24,27,28);1-3,12,14,20H,4-10H2,(H,21,23,24);5H,4H2,1-3H3,(H,8,10);2*1H4;2*1H/t17-,19?;15-,17?;12-,14?;;;;;/m000...../s1.